The Labute approximate surface area is 92.3 Å². The van der Waals surface area contributed by atoms with E-state index in [1.165, 1.54) is 11.3 Å². The van der Waals surface area contributed by atoms with E-state index in [0.29, 0.717) is 5.56 Å². The van der Waals surface area contributed by atoms with Crippen LogP contribution in [-0.2, 0) is 10.0 Å². The molecule has 3 N–H and O–H groups in total. The summed E-state index contributed by atoms with van der Waals surface area (Å²) in [5.41, 5.74) is 1.46. The Morgan fingerprint density at radius 2 is 2.20 bits per heavy atom. The lowest BCUT2D eigenvalue weighted by Gasteiger charge is -2.03. The quantitative estimate of drug-likeness (QED) is 0.790. The molecular formula is C8H12N2O3S2. The van der Waals surface area contributed by atoms with E-state index >= 15 is 0 Å². The molecule has 0 aromatic carbocycles. The number of thiophene rings is 1. The smallest absolute Gasteiger partial charge is 0.252 e. The van der Waals surface area contributed by atoms with Crippen LogP contribution in [0, 0.1) is 6.92 Å². The topological polar surface area (TPSA) is 89.3 Å². The Hall–Kier alpha value is -0.920. The first-order valence-electron chi connectivity index (χ1n) is 4.21. The molecule has 1 rings (SSSR count). The van der Waals surface area contributed by atoms with E-state index in [0.717, 1.165) is 5.56 Å². The third-order valence-electron chi connectivity index (χ3n) is 1.77. The van der Waals surface area contributed by atoms with Crippen molar-refractivity contribution in [2.45, 2.75) is 6.92 Å². The number of carbonyl (C=O) groups excluding carboxylic acids is 1. The number of aryl methyl sites for hydroxylation is 1. The number of hydrogen-bond donors (Lipinski definition) is 2. The normalized spacial score (nSPS) is 11.3. The molecule has 0 radical (unpaired) electrons. The molecule has 1 aromatic heterocycles. The van der Waals surface area contributed by atoms with Crippen molar-refractivity contribution in [1.29, 1.82) is 0 Å². The van der Waals surface area contributed by atoms with Crippen molar-refractivity contribution in [2.24, 2.45) is 5.14 Å². The first kappa shape index (κ1) is 12.2. The van der Waals surface area contributed by atoms with Gasteiger partial charge in [0.2, 0.25) is 10.0 Å². The maximum atomic E-state index is 11.5. The molecule has 15 heavy (non-hydrogen) atoms. The maximum Gasteiger partial charge on any atom is 0.252 e. The van der Waals surface area contributed by atoms with E-state index in [1.54, 1.807) is 5.38 Å². The summed E-state index contributed by atoms with van der Waals surface area (Å²) in [5.74, 6) is -0.514. The van der Waals surface area contributed by atoms with E-state index in [1.807, 2.05) is 12.3 Å². The van der Waals surface area contributed by atoms with E-state index < -0.39 is 10.0 Å². The van der Waals surface area contributed by atoms with Crippen LogP contribution in [-0.4, -0.2) is 26.6 Å². The highest BCUT2D eigenvalue weighted by Gasteiger charge is 2.10. The summed E-state index contributed by atoms with van der Waals surface area (Å²) in [4.78, 5) is 11.5. The van der Waals surface area contributed by atoms with Crippen molar-refractivity contribution in [1.82, 2.24) is 5.32 Å². The first-order valence-corrected chi connectivity index (χ1v) is 6.87. The molecule has 5 nitrogen and oxygen atoms in total. The summed E-state index contributed by atoms with van der Waals surface area (Å²) in [6, 6.07) is 0. The molecule has 0 spiro atoms. The van der Waals surface area contributed by atoms with Crippen LogP contribution in [0.15, 0.2) is 10.8 Å². The number of sulfonamides is 1. The van der Waals surface area contributed by atoms with Gasteiger partial charge in [0.15, 0.2) is 0 Å². The molecule has 7 heteroatoms. The Bertz CT molecular complexity index is 450. The highest BCUT2D eigenvalue weighted by atomic mass is 32.2. The van der Waals surface area contributed by atoms with Gasteiger partial charge in [0.1, 0.15) is 0 Å². The predicted octanol–water partition coefficient (Wildman–Crippen LogP) is 0.0748. The largest absolute Gasteiger partial charge is 0.351 e. The predicted molar refractivity (Wildman–Crippen MR) is 59.4 cm³/mol. The second kappa shape index (κ2) is 4.73. The molecule has 0 saturated heterocycles. The van der Waals surface area contributed by atoms with Crippen molar-refractivity contribution in [3.63, 3.8) is 0 Å². The van der Waals surface area contributed by atoms with Crippen LogP contribution in [0.2, 0.25) is 0 Å². The summed E-state index contributed by atoms with van der Waals surface area (Å²) in [6.07, 6.45) is 0. The van der Waals surface area contributed by atoms with Crippen LogP contribution in [0.3, 0.4) is 0 Å². The molecule has 0 aliphatic heterocycles. The van der Waals surface area contributed by atoms with Crippen molar-refractivity contribution in [3.05, 3.63) is 21.9 Å². The minimum Gasteiger partial charge on any atom is -0.351 e. The monoisotopic (exact) mass is 248 g/mol. The highest BCUT2D eigenvalue weighted by Crippen LogP contribution is 2.12. The number of nitrogens with two attached hydrogens (primary N) is 1. The summed E-state index contributed by atoms with van der Waals surface area (Å²) in [5, 5.41) is 10.9. The lowest BCUT2D eigenvalue weighted by Crippen LogP contribution is -2.31. The van der Waals surface area contributed by atoms with Gasteiger partial charge in [0.05, 0.1) is 11.3 Å². The average Bonchev–Trinajstić information content (AvgIpc) is 2.48. The van der Waals surface area contributed by atoms with E-state index in [9.17, 15) is 13.2 Å². The molecule has 84 valence electrons. The molecule has 1 aromatic rings. The Kier molecular flexibility index (Phi) is 3.83. The van der Waals surface area contributed by atoms with Gasteiger partial charge in [-0.3, -0.25) is 4.79 Å². The Morgan fingerprint density at radius 3 is 2.67 bits per heavy atom. The van der Waals surface area contributed by atoms with Crippen molar-refractivity contribution in [3.8, 4) is 0 Å². The van der Waals surface area contributed by atoms with Crippen molar-refractivity contribution < 1.29 is 13.2 Å². The van der Waals surface area contributed by atoms with Crippen LogP contribution in [0.5, 0.6) is 0 Å². The van der Waals surface area contributed by atoms with Gasteiger partial charge in [0.25, 0.3) is 5.91 Å². The van der Waals surface area contributed by atoms with Gasteiger partial charge < -0.3 is 5.32 Å². The molecule has 1 heterocycles. The van der Waals surface area contributed by atoms with E-state index in [4.69, 9.17) is 5.14 Å². The number of carbonyl (C=O) groups is 1. The number of nitrogens with one attached hydrogen (secondary N) is 1. The number of amides is 1. The summed E-state index contributed by atoms with van der Waals surface area (Å²) in [6.45, 7) is 1.86. The summed E-state index contributed by atoms with van der Waals surface area (Å²) >= 11 is 1.43. The van der Waals surface area contributed by atoms with Gasteiger partial charge in [-0.1, -0.05) is 0 Å². The number of rotatable bonds is 4. The fraction of sp³-hybridized carbons (Fsp3) is 0.375. The van der Waals surface area contributed by atoms with Crippen LogP contribution in [0.25, 0.3) is 0 Å². The molecule has 0 bridgehead atoms. The van der Waals surface area contributed by atoms with Crippen LogP contribution in [0.1, 0.15) is 15.9 Å². The maximum absolute atomic E-state index is 11.5. The molecule has 0 aliphatic rings. The Balaban J connectivity index is 2.48. The lowest BCUT2D eigenvalue weighted by atomic mass is 10.2. The Morgan fingerprint density at radius 1 is 1.53 bits per heavy atom. The third-order valence-corrected chi connectivity index (χ3v) is 3.41. The standard InChI is InChI=1S/C8H12N2O3S2/c1-6-4-14-5-7(6)8(11)10-2-3-15(9,12)13/h4-5H,2-3H2,1H3,(H,10,11)(H2,9,12,13). The number of hydrogen-bond acceptors (Lipinski definition) is 4. The van der Waals surface area contributed by atoms with Crippen molar-refractivity contribution in [2.75, 3.05) is 12.3 Å². The van der Waals surface area contributed by atoms with Gasteiger partial charge in [0, 0.05) is 11.9 Å². The summed E-state index contributed by atoms with van der Waals surface area (Å²) < 4.78 is 21.2. The summed E-state index contributed by atoms with van der Waals surface area (Å²) in [7, 11) is -3.51. The molecule has 0 atom stereocenters. The third kappa shape index (κ3) is 3.98. The number of primary sulfonamides is 1. The minimum atomic E-state index is -3.51. The van der Waals surface area contributed by atoms with Crippen LogP contribution in [0.4, 0.5) is 0 Å². The molecule has 0 aliphatic carbocycles. The average molecular weight is 248 g/mol. The zero-order valence-corrected chi connectivity index (χ0v) is 9.82. The molecule has 0 fully saturated rings. The second-order valence-corrected chi connectivity index (χ2v) is 5.57. The fourth-order valence-corrected chi connectivity index (χ4v) is 2.21. The second-order valence-electron chi connectivity index (χ2n) is 3.09. The van der Waals surface area contributed by atoms with Crippen LogP contribution >= 0.6 is 11.3 Å². The molecular weight excluding hydrogens is 236 g/mol. The highest BCUT2D eigenvalue weighted by molar-refractivity contribution is 7.89. The molecule has 0 unspecified atom stereocenters. The van der Waals surface area contributed by atoms with E-state index in [2.05, 4.69) is 5.32 Å². The van der Waals surface area contributed by atoms with Gasteiger partial charge in [-0.2, -0.15) is 11.3 Å². The zero-order chi connectivity index (χ0) is 11.5. The van der Waals surface area contributed by atoms with Gasteiger partial charge in [-0.25, -0.2) is 13.6 Å². The molecule has 0 saturated carbocycles. The van der Waals surface area contributed by atoms with Gasteiger partial charge >= 0.3 is 0 Å². The molecule has 1 amide bonds. The SMILES string of the molecule is Cc1cscc1C(=O)NCCS(N)(=O)=O. The van der Waals surface area contributed by atoms with Crippen molar-refractivity contribution >= 4 is 27.3 Å². The van der Waals surface area contributed by atoms with Gasteiger partial charge in [-0.05, 0) is 17.9 Å². The van der Waals surface area contributed by atoms with Gasteiger partial charge in [-0.15, -0.1) is 0 Å². The fourth-order valence-electron chi connectivity index (χ4n) is 0.995. The minimum absolute atomic E-state index is 0.0347. The lowest BCUT2D eigenvalue weighted by molar-refractivity contribution is 0.0956. The van der Waals surface area contributed by atoms with Crippen LogP contribution < -0.4 is 10.5 Å². The van der Waals surface area contributed by atoms with E-state index in [-0.39, 0.29) is 18.2 Å². The zero-order valence-electron chi connectivity index (χ0n) is 8.19. The first-order chi connectivity index (χ1) is 6.90.